The fourth-order valence-corrected chi connectivity index (χ4v) is 1.35. The Morgan fingerprint density at radius 2 is 2.18 bits per heavy atom. The molecule has 0 unspecified atom stereocenters. The van der Waals surface area contributed by atoms with Crippen LogP contribution in [0, 0.1) is 0 Å². The molecule has 17 heavy (non-hydrogen) atoms. The van der Waals surface area contributed by atoms with Crippen LogP contribution in [0.1, 0.15) is 22.8 Å². The first kappa shape index (κ1) is 13.2. The van der Waals surface area contributed by atoms with Crippen LogP contribution in [0.2, 0.25) is 0 Å². The molecule has 3 heteroatoms. The molecule has 1 aromatic carbocycles. The van der Waals surface area contributed by atoms with E-state index in [1.807, 2.05) is 25.1 Å². The number of methoxy groups -OCH3 is 1. The second-order valence-corrected chi connectivity index (χ2v) is 3.32. The molecule has 0 aliphatic heterocycles. The molecule has 0 aliphatic carbocycles. The molecule has 0 N–H and O–H groups in total. The van der Waals surface area contributed by atoms with Crippen molar-refractivity contribution in [3.05, 3.63) is 53.3 Å². The summed E-state index contributed by atoms with van der Waals surface area (Å²) in [6, 6.07) is 7.25. The zero-order chi connectivity index (χ0) is 12.5. The normalized spacial score (nSPS) is 9.29. The largest absolute Gasteiger partial charge is 0.465 e. The lowest BCUT2D eigenvalue weighted by atomic mass is 10.1. The van der Waals surface area contributed by atoms with E-state index in [2.05, 4.69) is 5.73 Å². The standard InChI is InChI=1S/C14H16O3/c1-3-4-7-10-17-11-12-8-5-6-9-13(12)14(15)16-2/h3,5-9H,10-11H2,1-2H3. The fraction of sp³-hybridized carbons (Fsp3) is 0.286. The van der Waals surface area contributed by atoms with E-state index in [-0.39, 0.29) is 5.97 Å². The lowest BCUT2D eigenvalue weighted by Crippen LogP contribution is -2.06. The van der Waals surface area contributed by atoms with Crippen molar-refractivity contribution < 1.29 is 14.3 Å². The maximum absolute atomic E-state index is 11.5. The molecule has 1 rings (SSSR count). The third kappa shape index (κ3) is 4.27. The molecule has 0 saturated heterocycles. The third-order valence-electron chi connectivity index (χ3n) is 2.17. The van der Waals surface area contributed by atoms with Crippen LogP contribution < -0.4 is 0 Å². The Labute approximate surface area is 101 Å². The molecule has 0 aliphatic rings. The average Bonchev–Trinajstić information content (AvgIpc) is 2.38. The maximum Gasteiger partial charge on any atom is 0.338 e. The molecule has 0 heterocycles. The van der Waals surface area contributed by atoms with Crippen LogP contribution in [0.3, 0.4) is 0 Å². The quantitative estimate of drug-likeness (QED) is 0.445. The molecular formula is C14H16O3. The minimum atomic E-state index is -0.340. The van der Waals surface area contributed by atoms with Crippen molar-refractivity contribution in [3.63, 3.8) is 0 Å². The Bertz CT molecular complexity index is 429. The minimum absolute atomic E-state index is 0.340. The molecule has 0 amide bonds. The molecule has 0 fully saturated rings. The fourth-order valence-electron chi connectivity index (χ4n) is 1.35. The van der Waals surface area contributed by atoms with Crippen LogP contribution in [0.25, 0.3) is 0 Å². The van der Waals surface area contributed by atoms with Gasteiger partial charge in [-0.15, -0.1) is 5.73 Å². The highest BCUT2D eigenvalue weighted by Gasteiger charge is 2.10. The van der Waals surface area contributed by atoms with Gasteiger partial charge in [0.2, 0.25) is 0 Å². The predicted octanol–water partition coefficient (Wildman–Crippen LogP) is 2.72. The van der Waals surface area contributed by atoms with Crippen molar-refractivity contribution in [1.82, 2.24) is 0 Å². The predicted molar refractivity (Wildman–Crippen MR) is 65.8 cm³/mol. The lowest BCUT2D eigenvalue weighted by molar-refractivity contribution is 0.0594. The van der Waals surface area contributed by atoms with Gasteiger partial charge in [0.25, 0.3) is 0 Å². The van der Waals surface area contributed by atoms with Crippen LogP contribution in [-0.2, 0) is 16.1 Å². The topological polar surface area (TPSA) is 35.5 Å². The van der Waals surface area contributed by atoms with Crippen LogP contribution in [0.4, 0.5) is 0 Å². The van der Waals surface area contributed by atoms with Gasteiger partial charge in [-0.1, -0.05) is 18.2 Å². The summed E-state index contributed by atoms with van der Waals surface area (Å²) in [6.45, 7) is 2.75. The molecular weight excluding hydrogens is 216 g/mol. The second-order valence-electron chi connectivity index (χ2n) is 3.32. The Morgan fingerprint density at radius 3 is 2.88 bits per heavy atom. The van der Waals surface area contributed by atoms with Gasteiger partial charge in [0.1, 0.15) is 0 Å². The molecule has 0 radical (unpaired) electrons. The summed E-state index contributed by atoms with van der Waals surface area (Å²) >= 11 is 0. The van der Waals surface area contributed by atoms with Gasteiger partial charge in [0, 0.05) is 0 Å². The van der Waals surface area contributed by atoms with Crippen LogP contribution >= 0.6 is 0 Å². The molecule has 0 spiro atoms. The molecule has 0 aromatic heterocycles. The zero-order valence-electron chi connectivity index (χ0n) is 10.1. The highest BCUT2D eigenvalue weighted by molar-refractivity contribution is 5.90. The van der Waals surface area contributed by atoms with E-state index in [0.29, 0.717) is 18.8 Å². The number of rotatable bonds is 5. The van der Waals surface area contributed by atoms with E-state index in [1.54, 1.807) is 18.2 Å². The first-order valence-electron chi connectivity index (χ1n) is 5.39. The summed E-state index contributed by atoms with van der Waals surface area (Å²) in [5.41, 5.74) is 4.29. The Morgan fingerprint density at radius 1 is 1.41 bits per heavy atom. The van der Waals surface area contributed by atoms with Crippen molar-refractivity contribution >= 4 is 5.97 Å². The summed E-state index contributed by atoms with van der Waals surface area (Å²) in [4.78, 5) is 11.5. The van der Waals surface area contributed by atoms with E-state index in [9.17, 15) is 4.79 Å². The summed E-state index contributed by atoms with van der Waals surface area (Å²) < 4.78 is 10.1. The van der Waals surface area contributed by atoms with Crippen molar-refractivity contribution in [1.29, 1.82) is 0 Å². The first-order chi connectivity index (χ1) is 8.29. The number of hydrogen-bond donors (Lipinski definition) is 0. The average molecular weight is 232 g/mol. The molecule has 3 nitrogen and oxygen atoms in total. The summed E-state index contributed by atoms with van der Waals surface area (Å²) in [5, 5.41) is 0. The van der Waals surface area contributed by atoms with Gasteiger partial charge in [-0.25, -0.2) is 4.79 Å². The van der Waals surface area contributed by atoms with Gasteiger partial charge in [0.05, 0.1) is 25.9 Å². The molecule has 0 bridgehead atoms. The monoisotopic (exact) mass is 232 g/mol. The highest BCUT2D eigenvalue weighted by Crippen LogP contribution is 2.11. The van der Waals surface area contributed by atoms with Crippen molar-refractivity contribution in [2.75, 3.05) is 13.7 Å². The third-order valence-corrected chi connectivity index (χ3v) is 2.17. The van der Waals surface area contributed by atoms with E-state index >= 15 is 0 Å². The van der Waals surface area contributed by atoms with E-state index in [4.69, 9.17) is 9.47 Å². The maximum atomic E-state index is 11.5. The van der Waals surface area contributed by atoms with Gasteiger partial charge in [-0.05, 0) is 30.7 Å². The summed E-state index contributed by atoms with van der Waals surface area (Å²) in [7, 11) is 1.37. The smallest absolute Gasteiger partial charge is 0.338 e. The van der Waals surface area contributed by atoms with Gasteiger partial charge >= 0.3 is 5.97 Å². The summed E-state index contributed by atoms with van der Waals surface area (Å²) in [5.74, 6) is -0.340. The van der Waals surface area contributed by atoms with Gasteiger partial charge in [-0.2, -0.15) is 0 Å². The van der Waals surface area contributed by atoms with E-state index in [0.717, 1.165) is 5.56 Å². The summed E-state index contributed by atoms with van der Waals surface area (Å²) in [6.07, 6.45) is 3.60. The molecule has 0 atom stereocenters. The highest BCUT2D eigenvalue weighted by atomic mass is 16.5. The number of carbonyl (C=O) groups excluding carboxylic acids is 1. The van der Waals surface area contributed by atoms with E-state index < -0.39 is 0 Å². The lowest BCUT2D eigenvalue weighted by Gasteiger charge is -2.07. The van der Waals surface area contributed by atoms with Crippen molar-refractivity contribution in [2.24, 2.45) is 0 Å². The van der Waals surface area contributed by atoms with E-state index in [1.165, 1.54) is 7.11 Å². The number of benzene rings is 1. The van der Waals surface area contributed by atoms with Crippen molar-refractivity contribution in [2.45, 2.75) is 13.5 Å². The molecule has 1 aromatic rings. The number of hydrogen-bond acceptors (Lipinski definition) is 3. The van der Waals surface area contributed by atoms with Crippen LogP contribution in [0.15, 0.2) is 42.1 Å². The number of carbonyl (C=O) groups is 1. The second kappa shape index (κ2) is 7.44. The Hall–Kier alpha value is -1.83. The van der Waals surface area contributed by atoms with Crippen LogP contribution in [0.5, 0.6) is 0 Å². The van der Waals surface area contributed by atoms with Gasteiger partial charge in [0.15, 0.2) is 0 Å². The minimum Gasteiger partial charge on any atom is -0.465 e. The van der Waals surface area contributed by atoms with Crippen molar-refractivity contribution in [3.8, 4) is 0 Å². The Balaban J connectivity index is 2.64. The molecule has 0 saturated carbocycles. The number of esters is 1. The van der Waals surface area contributed by atoms with Crippen LogP contribution in [-0.4, -0.2) is 19.7 Å². The van der Waals surface area contributed by atoms with Gasteiger partial charge < -0.3 is 9.47 Å². The molecule has 90 valence electrons. The SMILES string of the molecule is CC=C=CCOCc1ccccc1C(=O)OC. The number of ether oxygens (including phenoxy) is 2. The zero-order valence-corrected chi connectivity index (χ0v) is 10.1. The Kier molecular flexibility index (Phi) is 5.80. The van der Waals surface area contributed by atoms with Gasteiger partial charge in [-0.3, -0.25) is 0 Å². The first-order valence-corrected chi connectivity index (χ1v) is 5.39.